The normalized spacial score (nSPS) is 15.3. The fraction of sp³-hybridized carbons (Fsp3) is 0.350. The van der Waals surface area contributed by atoms with Crippen molar-refractivity contribution >= 4 is 28.7 Å². The standard InChI is InChI=1S/C20H22FN5O/c1-13-4-3-5-18(22-13)24-19(27)14-8-10-26(11-9-14)20-23-16-7-6-15(21)12-17(16)25(20)2/h3-7,12,14H,8-11H2,1-2H3,(H,22,24,27). The van der Waals surface area contributed by atoms with Crippen LogP contribution >= 0.6 is 0 Å². The number of nitrogens with zero attached hydrogens (tertiary/aromatic N) is 4. The molecule has 2 aromatic heterocycles. The number of hydrogen-bond donors (Lipinski definition) is 1. The van der Waals surface area contributed by atoms with E-state index in [1.165, 1.54) is 12.1 Å². The zero-order valence-corrected chi connectivity index (χ0v) is 15.4. The van der Waals surface area contributed by atoms with Gasteiger partial charge in [0.2, 0.25) is 11.9 Å². The van der Waals surface area contributed by atoms with E-state index in [0.717, 1.165) is 48.6 Å². The molecule has 1 saturated heterocycles. The Morgan fingerprint density at radius 1 is 1.19 bits per heavy atom. The summed E-state index contributed by atoms with van der Waals surface area (Å²) in [5, 5.41) is 2.92. The summed E-state index contributed by atoms with van der Waals surface area (Å²) in [6.07, 6.45) is 1.49. The van der Waals surface area contributed by atoms with Gasteiger partial charge in [0.25, 0.3) is 0 Å². The summed E-state index contributed by atoms with van der Waals surface area (Å²) in [5.41, 5.74) is 2.43. The number of carbonyl (C=O) groups is 1. The van der Waals surface area contributed by atoms with Gasteiger partial charge >= 0.3 is 0 Å². The SMILES string of the molecule is Cc1cccc(NC(=O)C2CCN(c3nc4ccc(F)cc4n3C)CC2)n1. The molecule has 1 aliphatic rings. The molecule has 4 rings (SSSR count). The second kappa shape index (κ2) is 6.98. The van der Waals surface area contributed by atoms with Gasteiger partial charge in [0, 0.05) is 31.7 Å². The molecule has 0 radical (unpaired) electrons. The number of imidazole rings is 1. The average molecular weight is 367 g/mol. The highest BCUT2D eigenvalue weighted by molar-refractivity contribution is 5.91. The van der Waals surface area contributed by atoms with Crippen molar-refractivity contribution in [2.75, 3.05) is 23.3 Å². The lowest BCUT2D eigenvalue weighted by Gasteiger charge is -2.31. The molecule has 1 amide bonds. The van der Waals surface area contributed by atoms with Crippen molar-refractivity contribution in [2.45, 2.75) is 19.8 Å². The first-order valence-corrected chi connectivity index (χ1v) is 9.13. The maximum absolute atomic E-state index is 13.5. The van der Waals surface area contributed by atoms with E-state index in [1.807, 2.05) is 30.7 Å². The lowest BCUT2D eigenvalue weighted by molar-refractivity contribution is -0.120. The Hall–Kier alpha value is -2.96. The van der Waals surface area contributed by atoms with E-state index in [4.69, 9.17) is 0 Å². The van der Waals surface area contributed by atoms with Crippen LogP contribution in [0.3, 0.4) is 0 Å². The van der Waals surface area contributed by atoms with Crippen molar-refractivity contribution in [1.29, 1.82) is 0 Å². The smallest absolute Gasteiger partial charge is 0.228 e. The molecule has 140 valence electrons. The van der Waals surface area contributed by atoms with Crippen LogP contribution in [0.15, 0.2) is 36.4 Å². The summed E-state index contributed by atoms with van der Waals surface area (Å²) in [6.45, 7) is 3.37. The summed E-state index contributed by atoms with van der Waals surface area (Å²) in [4.78, 5) is 23.7. The highest BCUT2D eigenvalue weighted by atomic mass is 19.1. The third-order valence-corrected chi connectivity index (χ3v) is 5.11. The van der Waals surface area contributed by atoms with Gasteiger partial charge in [-0.2, -0.15) is 0 Å². The minimum absolute atomic E-state index is 0.0137. The van der Waals surface area contributed by atoms with E-state index >= 15 is 0 Å². The van der Waals surface area contributed by atoms with Gasteiger partial charge in [-0.25, -0.2) is 14.4 Å². The van der Waals surface area contributed by atoms with E-state index < -0.39 is 0 Å². The number of nitrogens with one attached hydrogen (secondary N) is 1. The lowest BCUT2D eigenvalue weighted by Crippen LogP contribution is -2.39. The first-order valence-electron chi connectivity index (χ1n) is 9.13. The Morgan fingerprint density at radius 2 is 1.96 bits per heavy atom. The van der Waals surface area contributed by atoms with Crippen molar-refractivity contribution in [3.63, 3.8) is 0 Å². The van der Waals surface area contributed by atoms with E-state index in [-0.39, 0.29) is 17.6 Å². The molecule has 3 aromatic rings. The summed E-state index contributed by atoms with van der Waals surface area (Å²) in [6, 6.07) is 10.2. The maximum atomic E-state index is 13.5. The summed E-state index contributed by atoms with van der Waals surface area (Å²) < 4.78 is 15.4. The number of hydrogen-bond acceptors (Lipinski definition) is 4. The Bertz CT molecular complexity index is 991. The molecule has 6 nitrogen and oxygen atoms in total. The number of anilines is 2. The van der Waals surface area contributed by atoms with E-state index in [2.05, 4.69) is 20.2 Å². The number of halogens is 1. The Morgan fingerprint density at radius 3 is 2.70 bits per heavy atom. The third kappa shape index (κ3) is 3.49. The number of aromatic nitrogens is 3. The molecule has 0 saturated carbocycles. The highest BCUT2D eigenvalue weighted by Crippen LogP contribution is 2.27. The molecule has 0 aliphatic carbocycles. The molecule has 1 N–H and O–H groups in total. The van der Waals surface area contributed by atoms with Crippen molar-refractivity contribution < 1.29 is 9.18 Å². The number of rotatable bonds is 3. The van der Waals surface area contributed by atoms with Crippen molar-refractivity contribution in [2.24, 2.45) is 13.0 Å². The molecule has 3 heterocycles. The topological polar surface area (TPSA) is 63.1 Å². The molecule has 0 bridgehead atoms. The van der Waals surface area contributed by atoms with Crippen LogP contribution in [0.25, 0.3) is 11.0 Å². The van der Waals surface area contributed by atoms with Gasteiger partial charge in [-0.3, -0.25) is 4.79 Å². The largest absolute Gasteiger partial charge is 0.342 e. The molecule has 1 aliphatic heterocycles. The van der Waals surface area contributed by atoms with Crippen molar-refractivity contribution in [3.05, 3.63) is 47.9 Å². The van der Waals surface area contributed by atoms with Gasteiger partial charge in [-0.1, -0.05) is 6.07 Å². The highest BCUT2D eigenvalue weighted by Gasteiger charge is 2.27. The van der Waals surface area contributed by atoms with Crippen LogP contribution in [0, 0.1) is 18.7 Å². The quantitative estimate of drug-likeness (QED) is 0.772. The minimum atomic E-state index is -0.266. The van der Waals surface area contributed by atoms with Crippen molar-refractivity contribution in [3.8, 4) is 0 Å². The van der Waals surface area contributed by atoms with Gasteiger partial charge in [-0.15, -0.1) is 0 Å². The maximum Gasteiger partial charge on any atom is 0.228 e. The van der Waals surface area contributed by atoms with Gasteiger partial charge in [0.1, 0.15) is 11.6 Å². The third-order valence-electron chi connectivity index (χ3n) is 5.11. The molecule has 0 atom stereocenters. The number of amides is 1. The van der Waals surface area contributed by atoms with Gasteiger partial charge in [-0.05, 0) is 50.1 Å². The van der Waals surface area contributed by atoms with Crippen LogP contribution in [0.1, 0.15) is 18.5 Å². The van der Waals surface area contributed by atoms with Gasteiger partial charge in [0.05, 0.1) is 11.0 Å². The zero-order valence-electron chi connectivity index (χ0n) is 15.4. The Labute approximate surface area is 157 Å². The van der Waals surface area contributed by atoms with E-state index in [9.17, 15) is 9.18 Å². The van der Waals surface area contributed by atoms with Crippen LogP contribution in [-0.4, -0.2) is 33.5 Å². The number of piperidine rings is 1. The zero-order chi connectivity index (χ0) is 19.0. The first kappa shape index (κ1) is 17.5. The lowest BCUT2D eigenvalue weighted by atomic mass is 9.96. The van der Waals surface area contributed by atoms with Crippen LogP contribution in [-0.2, 0) is 11.8 Å². The molecule has 27 heavy (non-hydrogen) atoms. The van der Waals surface area contributed by atoms with Crippen LogP contribution in [0.4, 0.5) is 16.2 Å². The number of fused-ring (bicyclic) bond motifs is 1. The van der Waals surface area contributed by atoms with Crippen molar-refractivity contribution in [1.82, 2.24) is 14.5 Å². The summed E-state index contributed by atoms with van der Waals surface area (Å²) >= 11 is 0. The summed E-state index contributed by atoms with van der Waals surface area (Å²) in [5.74, 6) is 1.11. The number of carbonyl (C=O) groups excluding carboxylic acids is 1. The van der Waals surface area contributed by atoms with E-state index in [1.54, 1.807) is 12.1 Å². The monoisotopic (exact) mass is 367 g/mol. The average Bonchev–Trinajstić information content (AvgIpc) is 2.98. The number of pyridine rings is 1. The Kier molecular flexibility index (Phi) is 4.51. The number of aryl methyl sites for hydroxylation is 2. The molecular weight excluding hydrogens is 345 g/mol. The van der Waals surface area contributed by atoms with Gasteiger partial charge < -0.3 is 14.8 Å². The second-order valence-corrected chi connectivity index (χ2v) is 7.02. The molecule has 7 heteroatoms. The second-order valence-electron chi connectivity index (χ2n) is 7.02. The summed E-state index contributed by atoms with van der Waals surface area (Å²) in [7, 11) is 1.90. The van der Waals surface area contributed by atoms with E-state index in [0.29, 0.717) is 5.82 Å². The minimum Gasteiger partial charge on any atom is -0.342 e. The predicted molar refractivity (Wildman–Crippen MR) is 103 cm³/mol. The molecular formula is C20H22FN5O. The first-order chi connectivity index (χ1) is 13.0. The molecule has 1 fully saturated rings. The fourth-order valence-corrected chi connectivity index (χ4v) is 3.62. The Balaban J connectivity index is 1.43. The molecule has 0 spiro atoms. The van der Waals surface area contributed by atoms with Crippen LogP contribution < -0.4 is 10.2 Å². The van der Waals surface area contributed by atoms with Gasteiger partial charge in [0.15, 0.2) is 0 Å². The number of benzene rings is 1. The van der Waals surface area contributed by atoms with Crippen LogP contribution in [0.2, 0.25) is 0 Å². The fourth-order valence-electron chi connectivity index (χ4n) is 3.62. The van der Waals surface area contributed by atoms with Crippen LogP contribution in [0.5, 0.6) is 0 Å². The predicted octanol–water partition coefficient (Wildman–Crippen LogP) is 3.27. The molecule has 1 aromatic carbocycles. The molecule has 0 unspecified atom stereocenters.